The van der Waals surface area contributed by atoms with Crippen LogP contribution in [0.3, 0.4) is 0 Å². The molecule has 112 valence electrons. The summed E-state index contributed by atoms with van der Waals surface area (Å²) in [6.45, 7) is 2.18. The molecule has 1 N–H and O–H groups in total. The lowest BCUT2D eigenvalue weighted by Gasteiger charge is -2.00. The highest BCUT2D eigenvalue weighted by molar-refractivity contribution is 7.10. The molecule has 0 fully saturated rings. The first kappa shape index (κ1) is 14.5. The fourth-order valence-electron chi connectivity index (χ4n) is 2.20. The van der Waals surface area contributed by atoms with E-state index in [0.717, 1.165) is 21.9 Å². The van der Waals surface area contributed by atoms with Gasteiger partial charge in [0.25, 0.3) is 0 Å². The number of amides is 1. The van der Waals surface area contributed by atoms with Crippen molar-refractivity contribution in [1.29, 1.82) is 0 Å². The molecule has 0 atom stereocenters. The number of aryl methyl sites for hydroxylation is 1. The van der Waals surface area contributed by atoms with Crippen molar-refractivity contribution in [3.63, 3.8) is 0 Å². The van der Waals surface area contributed by atoms with Crippen LogP contribution in [0, 0.1) is 6.92 Å². The van der Waals surface area contributed by atoms with E-state index in [1.54, 1.807) is 11.3 Å². The highest BCUT2D eigenvalue weighted by Crippen LogP contribution is 2.22. The molecule has 0 bridgehead atoms. The molecule has 0 aliphatic rings. The van der Waals surface area contributed by atoms with Crippen LogP contribution in [0.1, 0.15) is 16.5 Å². The molecule has 3 rings (SSSR count). The Morgan fingerprint density at radius 3 is 2.77 bits per heavy atom. The van der Waals surface area contributed by atoms with Gasteiger partial charge in [-0.15, -0.1) is 11.3 Å². The number of rotatable bonds is 5. The van der Waals surface area contributed by atoms with Gasteiger partial charge in [-0.05, 0) is 18.4 Å². The average Bonchev–Trinajstić information content (AvgIpc) is 3.16. The van der Waals surface area contributed by atoms with Crippen LogP contribution in [0.2, 0.25) is 0 Å². The lowest BCUT2D eigenvalue weighted by Crippen LogP contribution is -2.24. The van der Waals surface area contributed by atoms with Crippen LogP contribution in [0.15, 0.2) is 52.3 Å². The Bertz CT molecular complexity index is 748. The van der Waals surface area contributed by atoms with Crippen LogP contribution in [0.5, 0.6) is 0 Å². The van der Waals surface area contributed by atoms with Gasteiger partial charge in [-0.25, -0.2) is 4.98 Å². The van der Waals surface area contributed by atoms with Crippen LogP contribution in [-0.4, -0.2) is 10.9 Å². The first-order valence-corrected chi connectivity index (χ1v) is 7.91. The Morgan fingerprint density at radius 2 is 2.05 bits per heavy atom. The van der Waals surface area contributed by atoms with Crippen LogP contribution < -0.4 is 5.32 Å². The topological polar surface area (TPSA) is 55.1 Å². The summed E-state index contributed by atoms with van der Waals surface area (Å²) >= 11 is 1.58. The summed E-state index contributed by atoms with van der Waals surface area (Å²) in [6, 6.07) is 13.8. The summed E-state index contributed by atoms with van der Waals surface area (Å²) in [5.74, 6) is 1.25. The highest BCUT2D eigenvalue weighted by atomic mass is 32.1. The summed E-state index contributed by atoms with van der Waals surface area (Å²) in [6.07, 6.45) is 0.392. The van der Waals surface area contributed by atoms with E-state index >= 15 is 0 Å². The first-order chi connectivity index (χ1) is 10.7. The molecule has 5 heteroatoms. The molecule has 0 saturated carbocycles. The summed E-state index contributed by atoms with van der Waals surface area (Å²) < 4.78 is 5.63. The molecule has 4 nitrogen and oxygen atoms in total. The van der Waals surface area contributed by atoms with E-state index in [0.29, 0.717) is 18.9 Å². The molecule has 1 amide bonds. The number of aromatic nitrogens is 1. The van der Waals surface area contributed by atoms with Gasteiger partial charge in [0.15, 0.2) is 0 Å². The molecule has 22 heavy (non-hydrogen) atoms. The number of nitrogens with zero attached hydrogens (tertiary/aromatic N) is 1. The predicted molar refractivity (Wildman–Crippen MR) is 86.5 cm³/mol. The van der Waals surface area contributed by atoms with E-state index < -0.39 is 0 Å². The molecule has 0 aliphatic carbocycles. The average molecular weight is 312 g/mol. The molecule has 3 aromatic rings. The van der Waals surface area contributed by atoms with Gasteiger partial charge in [-0.3, -0.25) is 4.79 Å². The van der Waals surface area contributed by atoms with Crippen molar-refractivity contribution in [3.8, 4) is 11.3 Å². The van der Waals surface area contributed by atoms with Gasteiger partial charge in [0.05, 0.1) is 13.0 Å². The van der Waals surface area contributed by atoms with E-state index in [4.69, 9.17) is 4.42 Å². The van der Waals surface area contributed by atoms with E-state index in [1.807, 2.05) is 54.8 Å². The summed E-state index contributed by atoms with van der Waals surface area (Å²) in [5.41, 5.74) is 1.84. The van der Waals surface area contributed by atoms with Gasteiger partial charge in [-0.1, -0.05) is 36.4 Å². The molecule has 0 radical (unpaired) electrons. The van der Waals surface area contributed by atoms with Gasteiger partial charge in [0, 0.05) is 10.4 Å². The van der Waals surface area contributed by atoms with E-state index in [2.05, 4.69) is 10.3 Å². The second-order valence-corrected chi connectivity index (χ2v) is 5.94. The Kier molecular flexibility index (Phi) is 4.34. The Labute approximate surface area is 132 Å². The number of thiophene rings is 1. The van der Waals surface area contributed by atoms with Gasteiger partial charge in [-0.2, -0.15) is 0 Å². The van der Waals surface area contributed by atoms with Crippen molar-refractivity contribution in [3.05, 3.63) is 64.4 Å². The zero-order chi connectivity index (χ0) is 15.4. The van der Waals surface area contributed by atoms with Crippen molar-refractivity contribution in [2.75, 3.05) is 0 Å². The Balaban J connectivity index is 1.63. The third-order valence-electron chi connectivity index (χ3n) is 3.24. The van der Waals surface area contributed by atoms with Gasteiger partial charge in [0.1, 0.15) is 11.5 Å². The fourth-order valence-corrected chi connectivity index (χ4v) is 2.90. The number of hydrogen-bond donors (Lipinski definition) is 1. The number of hydrogen-bond acceptors (Lipinski definition) is 4. The second kappa shape index (κ2) is 6.58. The monoisotopic (exact) mass is 312 g/mol. The lowest BCUT2D eigenvalue weighted by molar-refractivity contribution is -0.120. The van der Waals surface area contributed by atoms with E-state index in [9.17, 15) is 4.79 Å². The molecule has 2 heterocycles. The van der Waals surface area contributed by atoms with Crippen LogP contribution >= 0.6 is 11.3 Å². The maximum absolute atomic E-state index is 11.9. The third-order valence-corrected chi connectivity index (χ3v) is 4.12. The number of carbonyl (C=O) groups is 1. The minimum Gasteiger partial charge on any atom is -0.443 e. The molecule has 0 saturated heterocycles. The van der Waals surface area contributed by atoms with Gasteiger partial charge < -0.3 is 9.73 Å². The smallest absolute Gasteiger partial charge is 0.225 e. The summed E-state index contributed by atoms with van der Waals surface area (Å²) in [7, 11) is 0. The van der Waals surface area contributed by atoms with Crippen LogP contribution in [-0.2, 0) is 17.8 Å². The number of carbonyl (C=O) groups excluding carboxylic acids is 1. The van der Waals surface area contributed by atoms with Crippen molar-refractivity contribution >= 4 is 17.2 Å². The molecular formula is C17H16N2O2S. The zero-order valence-corrected chi connectivity index (χ0v) is 13.0. The van der Waals surface area contributed by atoms with Crippen LogP contribution in [0.4, 0.5) is 0 Å². The summed E-state index contributed by atoms with van der Waals surface area (Å²) in [5, 5.41) is 4.81. The van der Waals surface area contributed by atoms with E-state index in [-0.39, 0.29) is 5.91 Å². The summed E-state index contributed by atoms with van der Waals surface area (Å²) in [4.78, 5) is 17.4. The minimum absolute atomic E-state index is 0.0282. The zero-order valence-electron chi connectivity index (χ0n) is 12.2. The molecule has 0 unspecified atom stereocenters. The quantitative estimate of drug-likeness (QED) is 0.783. The first-order valence-electron chi connectivity index (χ1n) is 7.03. The lowest BCUT2D eigenvalue weighted by atomic mass is 10.1. The molecule has 0 spiro atoms. The second-order valence-electron chi connectivity index (χ2n) is 4.91. The highest BCUT2D eigenvalue weighted by Gasteiger charge is 2.12. The number of nitrogens with one attached hydrogen (secondary N) is 1. The molecular weight excluding hydrogens is 296 g/mol. The Hall–Kier alpha value is -2.40. The van der Waals surface area contributed by atoms with Crippen molar-refractivity contribution in [2.45, 2.75) is 19.9 Å². The van der Waals surface area contributed by atoms with Gasteiger partial charge in [0.2, 0.25) is 11.8 Å². The molecule has 1 aromatic carbocycles. The number of benzene rings is 1. The standard InChI is InChI=1S/C17H16N2O2S/c1-12-17(13-6-3-2-4-7-13)19-16(21-12)11-18-15(20)10-14-8-5-9-22-14/h2-9H,10-11H2,1H3,(H,18,20). The molecule has 2 aromatic heterocycles. The predicted octanol–water partition coefficient (Wildman–Crippen LogP) is 3.57. The largest absolute Gasteiger partial charge is 0.443 e. The van der Waals surface area contributed by atoms with Crippen LogP contribution in [0.25, 0.3) is 11.3 Å². The SMILES string of the molecule is Cc1oc(CNC(=O)Cc2cccs2)nc1-c1ccccc1. The van der Waals surface area contributed by atoms with Gasteiger partial charge >= 0.3 is 0 Å². The van der Waals surface area contributed by atoms with Crippen molar-refractivity contribution in [1.82, 2.24) is 10.3 Å². The Morgan fingerprint density at radius 1 is 1.23 bits per heavy atom. The fraction of sp³-hybridized carbons (Fsp3) is 0.176. The normalized spacial score (nSPS) is 10.6. The maximum atomic E-state index is 11.9. The number of oxazole rings is 1. The molecule has 0 aliphatic heterocycles. The minimum atomic E-state index is -0.0282. The van der Waals surface area contributed by atoms with Crippen molar-refractivity contribution < 1.29 is 9.21 Å². The maximum Gasteiger partial charge on any atom is 0.225 e. The van der Waals surface area contributed by atoms with Crippen molar-refractivity contribution in [2.24, 2.45) is 0 Å². The van der Waals surface area contributed by atoms with E-state index in [1.165, 1.54) is 0 Å². The third kappa shape index (κ3) is 3.43.